The molecule has 1 aromatic rings. The van der Waals surface area contributed by atoms with Gasteiger partial charge in [0.15, 0.2) is 9.84 Å². The summed E-state index contributed by atoms with van der Waals surface area (Å²) in [6.07, 6.45) is 0.449. The lowest BCUT2D eigenvalue weighted by Gasteiger charge is -2.07. The number of sulfone groups is 1. The Hall–Kier alpha value is -0.290. The molecule has 0 heterocycles. The first-order valence-corrected chi connectivity index (χ1v) is 7.37. The van der Waals surface area contributed by atoms with E-state index >= 15 is 0 Å². The highest BCUT2D eigenvalue weighted by atomic mass is 35.5. The van der Waals surface area contributed by atoms with Crippen LogP contribution in [0.4, 0.5) is 0 Å². The van der Waals surface area contributed by atoms with Gasteiger partial charge < -0.3 is 5.73 Å². The van der Waals surface area contributed by atoms with Gasteiger partial charge in [0.2, 0.25) is 0 Å². The van der Waals surface area contributed by atoms with Crippen LogP contribution in [0.15, 0.2) is 18.2 Å². The van der Waals surface area contributed by atoms with Crippen LogP contribution in [0.25, 0.3) is 0 Å². The Morgan fingerprint density at radius 3 is 2.25 bits per heavy atom. The fourth-order valence-electron chi connectivity index (χ4n) is 1.27. The zero-order valence-corrected chi connectivity index (χ0v) is 10.9. The lowest BCUT2D eigenvalue weighted by Crippen LogP contribution is -2.13. The Morgan fingerprint density at radius 2 is 1.75 bits per heavy atom. The van der Waals surface area contributed by atoms with Crippen molar-refractivity contribution >= 4 is 33.0 Å². The van der Waals surface area contributed by atoms with Crippen LogP contribution in [0, 0.1) is 0 Å². The molecule has 0 bridgehead atoms. The summed E-state index contributed by atoms with van der Waals surface area (Å²) in [7, 11) is -3.19. The van der Waals surface area contributed by atoms with Crippen molar-refractivity contribution in [1.29, 1.82) is 0 Å². The SMILES string of the molecule is NCCCS(=O)(=O)Cc1c(Cl)cccc1Cl. The minimum Gasteiger partial charge on any atom is -0.330 e. The van der Waals surface area contributed by atoms with Gasteiger partial charge in [0, 0.05) is 15.6 Å². The van der Waals surface area contributed by atoms with Crippen LogP contribution in [0.1, 0.15) is 12.0 Å². The average molecular weight is 282 g/mol. The number of hydrogen-bond donors (Lipinski definition) is 1. The second kappa shape index (κ2) is 5.87. The maximum absolute atomic E-state index is 11.7. The first kappa shape index (κ1) is 13.8. The van der Waals surface area contributed by atoms with E-state index < -0.39 is 9.84 Å². The summed E-state index contributed by atoms with van der Waals surface area (Å²) in [6, 6.07) is 4.93. The van der Waals surface area contributed by atoms with Gasteiger partial charge in [-0.3, -0.25) is 0 Å². The molecule has 0 aliphatic heterocycles. The van der Waals surface area contributed by atoms with Gasteiger partial charge in [-0.05, 0) is 25.1 Å². The van der Waals surface area contributed by atoms with E-state index in [-0.39, 0.29) is 11.5 Å². The Balaban J connectivity index is 2.88. The number of rotatable bonds is 5. The van der Waals surface area contributed by atoms with E-state index in [4.69, 9.17) is 28.9 Å². The smallest absolute Gasteiger partial charge is 0.154 e. The van der Waals surface area contributed by atoms with Crippen molar-refractivity contribution < 1.29 is 8.42 Å². The molecule has 0 fully saturated rings. The van der Waals surface area contributed by atoms with E-state index in [1.165, 1.54) is 0 Å². The highest BCUT2D eigenvalue weighted by Gasteiger charge is 2.15. The molecule has 0 aliphatic carbocycles. The number of nitrogens with two attached hydrogens (primary N) is 1. The van der Waals surface area contributed by atoms with Crippen LogP contribution in [0.5, 0.6) is 0 Å². The van der Waals surface area contributed by atoms with Crippen molar-refractivity contribution in [2.24, 2.45) is 5.73 Å². The third-order valence-corrected chi connectivity index (χ3v) is 4.43. The van der Waals surface area contributed by atoms with Crippen LogP contribution in [-0.4, -0.2) is 20.7 Å². The molecule has 0 unspecified atom stereocenters. The average Bonchev–Trinajstić information content (AvgIpc) is 2.21. The van der Waals surface area contributed by atoms with Gasteiger partial charge in [-0.2, -0.15) is 0 Å². The predicted octanol–water partition coefficient (Wildman–Crippen LogP) is 2.26. The molecular weight excluding hydrogens is 269 g/mol. The lowest BCUT2D eigenvalue weighted by molar-refractivity contribution is 0.593. The van der Waals surface area contributed by atoms with Crippen molar-refractivity contribution in [3.63, 3.8) is 0 Å². The van der Waals surface area contributed by atoms with E-state index in [0.717, 1.165) is 0 Å². The van der Waals surface area contributed by atoms with Crippen molar-refractivity contribution in [2.45, 2.75) is 12.2 Å². The number of hydrogen-bond acceptors (Lipinski definition) is 3. The quantitative estimate of drug-likeness (QED) is 0.901. The Bertz CT molecular complexity index is 440. The molecule has 1 rings (SSSR count). The van der Waals surface area contributed by atoms with Gasteiger partial charge in [-0.15, -0.1) is 0 Å². The molecule has 0 aromatic heterocycles. The predicted molar refractivity (Wildman–Crippen MR) is 67.6 cm³/mol. The summed E-state index contributed by atoms with van der Waals surface area (Å²) in [5.74, 6) is -0.0729. The van der Waals surface area contributed by atoms with Crippen molar-refractivity contribution in [3.8, 4) is 0 Å². The van der Waals surface area contributed by atoms with Crippen LogP contribution in [0.3, 0.4) is 0 Å². The molecule has 0 spiro atoms. The third kappa shape index (κ3) is 3.94. The summed E-state index contributed by atoms with van der Waals surface area (Å²) >= 11 is 11.8. The standard InChI is InChI=1S/C10H13Cl2NO2S/c11-9-3-1-4-10(12)8(9)7-16(14,15)6-2-5-13/h1,3-4H,2,5-7,13H2. The van der Waals surface area contributed by atoms with E-state index in [0.29, 0.717) is 28.6 Å². The molecule has 0 aliphatic rings. The van der Waals surface area contributed by atoms with Gasteiger partial charge in [-0.1, -0.05) is 29.3 Å². The van der Waals surface area contributed by atoms with Gasteiger partial charge >= 0.3 is 0 Å². The molecule has 16 heavy (non-hydrogen) atoms. The maximum Gasteiger partial charge on any atom is 0.154 e. The fraction of sp³-hybridized carbons (Fsp3) is 0.400. The van der Waals surface area contributed by atoms with E-state index in [1.54, 1.807) is 18.2 Å². The van der Waals surface area contributed by atoms with E-state index in [1.807, 2.05) is 0 Å². The zero-order chi connectivity index (χ0) is 12.2. The third-order valence-electron chi connectivity index (χ3n) is 2.09. The van der Waals surface area contributed by atoms with Crippen molar-refractivity contribution in [2.75, 3.05) is 12.3 Å². The molecular formula is C10H13Cl2NO2S. The van der Waals surface area contributed by atoms with Gasteiger partial charge in [0.25, 0.3) is 0 Å². The Kier molecular flexibility index (Phi) is 5.05. The van der Waals surface area contributed by atoms with Crippen LogP contribution in [-0.2, 0) is 15.6 Å². The summed E-state index contributed by atoms with van der Waals surface area (Å²) in [4.78, 5) is 0. The Morgan fingerprint density at radius 1 is 1.19 bits per heavy atom. The first-order chi connectivity index (χ1) is 7.46. The topological polar surface area (TPSA) is 60.2 Å². The highest BCUT2D eigenvalue weighted by Crippen LogP contribution is 2.26. The van der Waals surface area contributed by atoms with Crippen LogP contribution < -0.4 is 5.73 Å². The summed E-state index contributed by atoms with van der Waals surface area (Å²) in [5.41, 5.74) is 5.73. The fourth-order valence-corrected chi connectivity index (χ4v) is 3.46. The zero-order valence-electron chi connectivity index (χ0n) is 8.62. The molecule has 0 saturated carbocycles. The van der Waals surface area contributed by atoms with E-state index in [2.05, 4.69) is 0 Å². The molecule has 2 N–H and O–H groups in total. The normalized spacial score (nSPS) is 11.7. The molecule has 3 nitrogen and oxygen atoms in total. The summed E-state index contributed by atoms with van der Waals surface area (Å²) in [6.45, 7) is 0.357. The minimum absolute atomic E-state index is 0.0606. The molecule has 0 atom stereocenters. The van der Waals surface area contributed by atoms with Crippen molar-refractivity contribution in [1.82, 2.24) is 0 Å². The molecule has 0 saturated heterocycles. The molecule has 6 heteroatoms. The second-order valence-corrected chi connectivity index (χ2v) is 6.43. The molecule has 0 radical (unpaired) electrons. The lowest BCUT2D eigenvalue weighted by atomic mass is 10.2. The minimum atomic E-state index is -3.19. The second-order valence-electron chi connectivity index (χ2n) is 3.43. The van der Waals surface area contributed by atoms with Gasteiger partial charge in [0.05, 0.1) is 11.5 Å². The van der Waals surface area contributed by atoms with Crippen molar-refractivity contribution in [3.05, 3.63) is 33.8 Å². The van der Waals surface area contributed by atoms with Crippen LogP contribution in [0.2, 0.25) is 10.0 Å². The number of halogens is 2. The highest BCUT2D eigenvalue weighted by molar-refractivity contribution is 7.90. The molecule has 0 amide bonds. The Labute approximate surface area is 105 Å². The number of benzene rings is 1. The monoisotopic (exact) mass is 281 g/mol. The molecule has 90 valence electrons. The van der Waals surface area contributed by atoms with Crippen LogP contribution >= 0.6 is 23.2 Å². The van der Waals surface area contributed by atoms with E-state index in [9.17, 15) is 8.42 Å². The first-order valence-electron chi connectivity index (χ1n) is 4.79. The summed E-state index contributed by atoms with van der Waals surface area (Å²) in [5, 5.41) is 0.757. The van der Waals surface area contributed by atoms with Gasteiger partial charge in [0.1, 0.15) is 0 Å². The largest absolute Gasteiger partial charge is 0.330 e. The van der Waals surface area contributed by atoms with Gasteiger partial charge in [-0.25, -0.2) is 8.42 Å². The summed E-state index contributed by atoms with van der Waals surface area (Å²) < 4.78 is 23.4. The molecule has 1 aromatic carbocycles. The maximum atomic E-state index is 11.7.